The molecule has 1 fully saturated rings. The van der Waals surface area contributed by atoms with Crippen LogP contribution in [0.4, 0.5) is 0 Å². The Morgan fingerprint density at radius 2 is 2.12 bits per heavy atom. The molecule has 0 spiro atoms. The lowest BCUT2D eigenvalue weighted by Crippen LogP contribution is -2.40. The maximum Gasteiger partial charge on any atom is 0.246 e. The Labute approximate surface area is 103 Å². The molecule has 1 heterocycles. The van der Waals surface area contributed by atoms with E-state index in [9.17, 15) is 4.79 Å². The number of carbonyl (C=O) groups is 1. The summed E-state index contributed by atoms with van der Waals surface area (Å²) in [7, 11) is 0. The smallest absolute Gasteiger partial charge is 0.246 e. The number of carbonyl (C=O) groups excluding carboxylic acids is 1. The van der Waals surface area contributed by atoms with E-state index < -0.39 is 0 Å². The zero-order valence-electron chi connectivity index (χ0n) is 10.3. The van der Waals surface area contributed by atoms with Gasteiger partial charge >= 0.3 is 0 Å². The van der Waals surface area contributed by atoms with Gasteiger partial charge in [0.25, 0.3) is 0 Å². The van der Waals surface area contributed by atoms with E-state index in [2.05, 4.69) is 22.8 Å². The van der Waals surface area contributed by atoms with E-state index in [-0.39, 0.29) is 18.6 Å². The predicted molar refractivity (Wildman–Crippen MR) is 66.8 cm³/mol. The lowest BCUT2D eigenvalue weighted by molar-refractivity contribution is -0.129. The topological polar surface area (TPSA) is 50.4 Å². The Morgan fingerprint density at radius 1 is 1.29 bits per heavy atom. The Hall–Kier alpha value is -0.870. The molecule has 1 atom stereocenters. The van der Waals surface area contributed by atoms with Crippen LogP contribution in [-0.2, 0) is 9.53 Å². The van der Waals surface area contributed by atoms with Gasteiger partial charge in [0.15, 0.2) is 0 Å². The molecule has 4 heteroatoms. The largest absolute Gasteiger partial charge is 0.368 e. The highest BCUT2D eigenvalue weighted by Crippen LogP contribution is 2.11. The van der Waals surface area contributed by atoms with Crippen molar-refractivity contribution in [1.29, 1.82) is 0 Å². The minimum Gasteiger partial charge on any atom is -0.368 e. The van der Waals surface area contributed by atoms with Gasteiger partial charge in [0, 0.05) is 6.04 Å². The van der Waals surface area contributed by atoms with Gasteiger partial charge in [-0.3, -0.25) is 4.79 Å². The molecule has 1 aliphatic heterocycles. The summed E-state index contributed by atoms with van der Waals surface area (Å²) in [5, 5.41) is 6.31. The molecule has 1 aliphatic carbocycles. The van der Waals surface area contributed by atoms with E-state index in [0.717, 1.165) is 45.2 Å². The molecular formula is C13H22N2O2. The van der Waals surface area contributed by atoms with Crippen LogP contribution in [0.2, 0.25) is 0 Å². The van der Waals surface area contributed by atoms with Crippen LogP contribution in [0.3, 0.4) is 0 Å². The standard InChI is InChI=1S/C13H22N2O2/c16-13(15-11-4-2-1-3-5-11)10-17-12-6-8-14-9-7-12/h1-2,11-12,14H,3-10H2,(H,15,16). The second-order valence-corrected chi connectivity index (χ2v) is 4.81. The van der Waals surface area contributed by atoms with Crippen molar-refractivity contribution in [2.24, 2.45) is 0 Å². The summed E-state index contributed by atoms with van der Waals surface area (Å²) in [5.41, 5.74) is 0. The highest BCUT2D eigenvalue weighted by atomic mass is 16.5. The maximum absolute atomic E-state index is 11.7. The second-order valence-electron chi connectivity index (χ2n) is 4.81. The number of amides is 1. The Morgan fingerprint density at radius 3 is 2.82 bits per heavy atom. The zero-order valence-corrected chi connectivity index (χ0v) is 10.3. The van der Waals surface area contributed by atoms with Gasteiger partial charge in [-0.1, -0.05) is 12.2 Å². The van der Waals surface area contributed by atoms with Gasteiger partial charge in [0.1, 0.15) is 6.61 Å². The Bertz CT molecular complexity index is 273. The minimum absolute atomic E-state index is 0.0313. The van der Waals surface area contributed by atoms with Crippen molar-refractivity contribution in [3.05, 3.63) is 12.2 Å². The molecule has 0 bridgehead atoms. The van der Waals surface area contributed by atoms with Gasteiger partial charge in [-0.2, -0.15) is 0 Å². The number of allylic oxidation sites excluding steroid dienone is 1. The van der Waals surface area contributed by atoms with Gasteiger partial charge in [-0.25, -0.2) is 0 Å². The van der Waals surface area contributed by atoms with Crippen molar-refractivity contribution in [3.8, 4) is 0 Å². The first kappa shape index (κ1) is 12.6. The van der Waals surface area contributed by atoms with Gasteiger partial charge < -0.3 is 15.4 Å². The quantitative estimate of drug-likeness (QED) is 0.718. The monoisotopic (exact) mass is 238 g/mol. The minimum atomic E-state index is 0.0313. The van der Waals surface area contributed by atoms with E-state index >= 15 is 0 Å². The number of rotatable bonds is 4. The van der Waals surface area contributed by atoms with E-state index in [0.29, 0.717) is 6.04 Å². The molecular weight excluding hydrogens is 216 g/mol. The molecule has 1 saturated heterocycles. The molecule has 4 nitrogen and oxygen atoms in total. The van der Waals surface area contributed by atoms with Crippen molar-refractivity contribution >= 4 is 5.91 Å². The molecule has 0 saturated carbocycles. The molecule has 0 aromatic carbocycles. The third kappa shape index (κ3) is 4.48. The molecule has 1 amide bonds. The molecule has 17 heavy (non-hydrogen) atoms. The first-order chi connectivity index (χ1) is 8.34. The van der Waals surface area contributed by atoms with Crippen molar-refractivity contribution in [3.63, 3.8) is 0 Å². The summed E-state index contributed by atoms with van der Waals surface area (Å²) in [5.74, 6) is 0.0313. The maximum atomic E-state index is 11.7. The highest BCUT2D eigenvalue weighted by molar-refractivity contribution is 5.77. The van der Waals surface area contributed by atoms with E-state index in [4.69, 9.17) is 4.74 Å². The van der Waals surface area contributed by atoms with Gasteiger partial charge in [-0.15, -0.1) is 0 Å². The lowest BCUT2D eigenvalue weighted by atomic mass is 10.0. The molecule has 2 N–H and O–H groups in total. The van der Waals surface area contributed by atoms with Crippen molar-refractivity contribution in [1.82, 2.24) is 10.6 Å². The lowest BCUT2D eigenvalue weighted by Gasteiger charge is -2.24. The van der Waals surface area contributed by atoms with Crippen LogP contribution >= 0.6 is 0 Å². The fourth-order valence-corrected chi connectivity index (χ4v) is 2.35. The molecule has 1 unspecified atom stereocenters. The SMILES string of the molecule is O=C(COC1CCNCC1)NC1CC=CCC1. The Balaban J connectivity index is 1.61. The summed E-state index contributed by atoms with van der Waals surface area (Å²) in [4.78, 5) is 11.7. The van der Waals surface area contributed by atoms with Crippen molar-refractivity contribution in [2.75, 3.05) is 19.7 Å². The molecule has 96 valence electrons. The normalized spacial score (nSPS) is 25.8. The molecule has 0 aromatic rings. The fourth-order valence-electron chi connectivity index (χ4n) is 2.35. The van der Waals surface area contributed by atoms with Crippen molar-refractivity contribution in [2.45, 2.75) is 44.2 Å². The number of hydrogen-bond donors (Lipinski definition) is 2. The predicted octanol–water partition coefficient (Wildman–Crippen LogP) is 0.980. The number of ether oxygens (including phenoxy) is 1. The third-order valence-corrected chi connectivity index (χ3v) is 3.37. The van der Waals surface area contributed by atoms with Crippen LogP contribution in [-0.4, -0.2) is 37.7 Å². The summed E-state index contributed by atoms with van der Waals surface area (Å²) in [6.45, 7) is 2.21. The van der Waals surface area contributed by atoms with Gasteiger partial charge in [0.05, 0.1) is 6.10 Å². The summed E-state index contributed by atoms with van der Waals surface area (Å²) in [6.07, 6.45) is 9.68. The van der Waals surface area contributed by atoms with E-state index in [1.54, 1.807) is 0 Å². The van der Waals surface area contributed by atoms with Crippen LogP contribution in [0.5, 0.6) is 0 Å². The van der Waals surface area contributed by atoms with Gasteiger partial charge in [0.2, 0.25) is 5.91 Å². The van der Waals surface area contributed by atoms with Crippen LogP contribution in [0.25, 0.3) is 0 Å². The first-order valence-electron chi connectivity index (χ1n) is 6.61. The van der Waals surface area contributed by atoms with E-state index in [1.165, 1.54) is 0 Å². The number of hydrogen-bond acceptors (Lipinski definition) is 3. The van der Waals surface area contributed by atoms with Crippen LogP contribution in [0.1, 0.15) is 32.1 Å². The second kappa shape index (κ2) is 6.77. The molecule has 0 radical (unpaired) electrons. The highest BCUT2D eigenvalue weighted by Gasteiger charge is 2.16. The zero-order chi connectivity index (χ0) is 11.9. The average Bonchev–Trinajstić information content (AvgIpc) is 2.39. The molecule has 0 aromatic heterocycles. The summed E-state index contributed by atoms with van der Waals surface area (Å²) in [6, 6.07) is 0.309. The first-order valence-corrected chi connectivity index (χ1v) is 6.61. The van der Waals surface area contributed by atoms with Crippen LogP contribution in [0, 0.1) is 0 Å². The van der Waals surface area contributed by atoms with Gasteiger partial charge in [-0.05, 0) is 45.2 Å². The number of piperidine rings is 1. The van der Waals surface area contributed by atoms with E-state index in [1.807, 2.05) is 0 Å². The average molecular weight is 238 g/mol. The molecule has 2 rings (SSSR count). The summed E-state index contributed by atoms with van der Waals surface area (Å²) >= 11 is 0. The summed E-state index contributed by atoms with van der Waals surface area (Å²) < 4.78 is 5.62. The molecule has 2 aliphatic rings. The Kier molecular flexibility index (Phi) is 5.01. The third-order valence-electron chi connectivity index (χ3n) is 3.37. The van der Waals surface area contributed by atoms with Crippen LogP contribution < -0.4 is 10.6 Å². The van der Waals surface area contributed by atoms with Crippen LogP contribution in [0.15, 0.2) is 12.2 Å². The fraction of sp³-hybridized carbons (Fsp3) is 0.769. The van der Waals surface area contributed by atoms with Crippen molar-refractivity contribution < 1.29 is 9.53 Å². The number of nitrogens with one attached hydrogen (secondary N) is 2.